The maximum atomic E-state index is 13.1. The summed E-state index contributed by atoms with van der Waals surface area (Å²) in [6.45, 7) is 5.01. The highest BCUT2D eigenvalue weighted by Crippen LogP contribution is 2.27. The second-order valence-electron chi connectivity index (χ2n) is 8.36. The number of unbranched alkanes of at least 4 members (excludes halogenated alkanes) is 1. The molecule has 162 valence electrons. The van der Waals surface area contributed by atoms with Gasteiger partial charge in [-0.15, -0.1) is 0 Å². The van der Waals surface area contributed by atoms with Gasteiger partial charge in [0.1, 0.15) is 0 Å². The lowest BCUT2D eigenvalue weighted by Gasteiger charge is -2.24. The third-order valence-electron chi connectivity index (χ3n) is 6.15. The Kier molecular flexibility index (Phi) is 6.07. The lowest BCUT2D eigenvalue weighted by atomic mass is 10.0. The van der Waals surface area contributed by atoms with E-state index in [4.69, 9.17) is 0 Å². The second-order valence-corrected chi connectivity index (χ2v) is 8.36. The largest absolute Gasteiger partial charge is 0.371 e. The van der Waals surface area contributed by atoms with Gasteiger partial charge in [-0.2, -0.15) is 0 Å². The van der Waals surface area contributed by atoms with Gasteiger partial charge in [-0.1, -0.05) is 31.5 Å². The van der Waals surface area contributed by atoms with Crippen molar-refractivity contribution in [2.75, 3.05) is 31.6 Å². The van der Waals surface area contributed by atoms with Gasteiger partial charge >= 0.3 is 0 Å². The van der Waals surface area contributed by atoms with Crippen molar-refractivity contribution in [2.45, 2.75) is 39.2 Å². The highest BCUT2D eigenvalue weighted by atomic mass is 16.2. The predicted octanol–water partition coefficient (Wildman–Crippen LogP) is 3.96. The molecule has 31 heavy (non-hydrogen) atoms. The van der Waals surface area contributed by atoms with Crippen molar-refractivity contribution in [3.05, 3.63) is 64.7 Å². The molecule has 2 aromatic carbocycles. The first-order chi connectivity index (χ1) is 15.0. The van der Waals surface area contributed by atoms with E-state index in [1.165, 1.54) is 23.4 Å². The summed E-state index contributed by atoms with van der Waals surface area (Å²) in [6.07, 6.45) is 4.07. The van der Waals surface area contributed by atoms with E-state index in [-0.39, 0.29) is 17.7 Å². The van der Waals surface area contributed by atoms with Crippen molar-refractivity contribution in [1.29, 1.82) is 0 Å². The molecule has 0 spiro atoms. The first kappa shape index (κ1) is 21.1. The van der Waals surface area contributed by atoms with Crippen LogP contribution in [0.3, 0.4) is 0 Å². The summed E-state index contributed by atoms with van der Waals surface area (Å²) in [6, 6.07) is 13.0. The van der Waals surface area contributed by atoms with Crippen LogP contribution >= 0.6 is 0 Å². The number of carbonyl (C=O) groups excluding carboxylic acids is 3. The molecule has 6 nitrogen and oxygen atoms in total. The Morgan fingerprint density at radius 2 is 1.71 bits per heavy atom. The summed E-state index contributed by atoms with van der Waals surface area (Å²) in [5, 5.41) is 0. The molecule has 3 amide bonds. The molecule has 0 bridgehead atoms. The molecule has 0 radical (unpaired) electrons. The summed E-state index contributed by atoms with van der Waals surface area (Å²) in [5.74, 6) is -0.725. The number of imide groups is 1. The van der Waals surface area contributed by atoms with Crippen LogP contribution in [-0.2, 0) is 6.54 Å². The molecule has 0 atom stereocenters. The Morgan fingerprint density at radius 3 is 2.45 bits per heavy atom. The monoisotopic (exact) mass is 419 g/mol. The molecular weight excluding hydrogens is 390 g/mol. The number of benzene rings is 2. The van der Waals surface area contributed by atoms with Crippen LogP contribution in [0.1, 0.15) is 69.2 Å². The molecule has 1 fully saturated rings. The average molecular weight is 420 g/mol. The van der Waals surface area contributed by atoms with Gasteiger partial charge < -0.3 is 9.80 Å². The number of carbonyl (C=O) groups is 3. The SMILES string of the molecule is CCCCN1C(=O)c2ccc(C(=O)N(C)Cc3ccccc3N3CCCC3)cc2C1=O. The van der Waals surface area contributed by atoms with E-state index in [1.54, 1.807) is 30.1 Å². The quantitative estimate of drug-likeness (QED) is 0.638. The molecule has 2 heterocycles. The molecule has 0 saturated carbocycles. The summed E-state index contributed by atoms with van der Waals surface area (Å²) in [7, 11) is 1.77. The number of hydrogen-bond acceptors (Lipinski definition) is 4. The van der Waals surface area contributed by atoms with E-state index in [0.717, 1.165) is 31.5 Å². The van der Waals surface area contributed by atoms with E-state index in [1.807, 2.05) is 19.1 Å². The van der Waals surface area contributed by atoms with Crippen molar-refractivity contribution in [1.82, 2.24) is 9.80 Å². The van der Waals surface area contributed by atoms with Gasteiger partial charge in [0, 0.05) is 44.5 Å². The molecule has 0 N–H and O–H groups in total. The third-order valence-corrected chi connectivity index (χ3v) is 6.15. The Bertz CT molecular complexity index is 1010. The first-order valence-electron chi connectivity index (χ1n) is 11.1. The minimum absolute atomic E-state index is 0.161. The van der Waals surface area contributed by atoms with E-state index in [9.17, 15) is 14.4 Å². The molecule has 6 heteroatoms. The van der Waals surface area contributed by atoms with Crippen LogP contribution in [0.15, 0.2) is 42.5 Å². The zero-order valence-corrected chi connectivity index (χ0v) is 18.3. The van der Waals surface area contributed by atoms with Gasteiger partial charge in [-0.3, -0.25) is 19.3 Å². The van der Waals surface area contributed by atoms with Gasteiger partial charge in [-0.25, -0.2) is 0 Å². The van der Waals surface area contributed by atoms with E-state index in [2.05, 4.69) is 17.0 Å². The van der Waals surface area contributed by atoms with Crippen LogP contribution in [-0.4, -0.2) is 54.2 Å². The van der Waals surface area contributed by atoms with Gasteiger partial charge in [-0.05, 0) is 49.1 Å². The predicted molar refractivity (Wildman–Crippen MR) is 120 cm³/mol. The summed E-state index contributed by atoms with van der Waals surface area (Å²) in [5.41, 5.74) is 3.44. The van der Waals surface area contributed by atoms with E-state index < -0.39 is 0 Å². The topological polar surface area (TPSA) is 60.9 Å². The van der Waals surface area contributed by atoms with E-state index >= 15 is 0 Å². The highest BCUT2D eigenvalue weighted by molar-refractivity contribution is 6.22. The third kappa shape index (κ3) is 4.07. The van der Waals surface area contributed by atoms with Crippen LogP contribution in [0.5, 0.6) is 0 Å². The molecule has 0 aromatic heterocycles. The zero-order valence-electron chi connectivity index (χ0n) is 18.3. The van der Waals surface area contributed by atoms with Crippen molar-refractivity contribution < 1.29 is 14.4 Å². The van der Waals surface area contributed by atoms with E-state index in [0.29, 0.717) is 29.8 Å². The summed E-state index contributed by atoms with van der Waals surface area (Å²) in [4.78, 5) is 43.7. The van der Waals surface area contributed by atoms with Crippen molar-refractivity contribution in [2.24, 2.45) is 0 Å². The highest BCUT2D eigenvalue weighted by Gasteiger charge is 2.35. The normalized spacial score (nSPS) is 15.5. The molecule has 1 saturated heterocycles. The minimum atomic E-state index is -0.301. The Hall–Kier alpha value is -3.15. The number of fused-ring (bicyclic) bond motifs is 1. The van der Waals surface area contributed by atoms with Gasteiger partial charge in [0.05, 0.1) is 11.1 Å². The van der Waals surface area contributed by atoms with Crippen LogP contribution in [0.4, 0.5) is 5.69 Å². The number of para-hydroxylation sites is 1. The number of hydrogen-bond donors (Lipinski definition) is 0. The Morgan fingerprint density at radius 1 is 1.00 bits per heavy atom. The van der Waals surface area contributed by atoms with Gasteiger partial charge in [0.2, 0.25) is 0 Å². The number of rotatable bonds is 7. The number of amides is 3. The molecule has 2 aromatic rings. The van der Waals surface area contributed by atoms with Gasteiger partial charge in [0.25, 0.3) is 17.7 Å². The zero-order chi connectivity index (χ0) is 22.0. The number of nitrogens with zero attached hydrogens (tertiary/aromatic N) is 3. The van der Waals surface area contributed by atoms with Crippen LogP contribution in [0.25, 0.3) is 0 Å². The smallest absolute Gasteiger partial charge is 0.261 e. The Balaban J connectivity index is 1.52. The van der Waals surface area contributed by atoms with Crippen LogP contribution in [0.2, 0.25) is 0 Å². The average Bonchev–Trinajstić information content (AvgIpc) is 3.40. The molecular formula is C25H29N3O3. The fourth-order valence-corrected chi connectivity index (χ4v) is 4.40. The standard InChI is InChI=1S/C25H29N3O3/c1-3-4-15-28-24(30)20-12-11-18(16-21(20)25(28)31)23(29)26(2)17-19-9-5-6-10-22(19)27-13-7-8-14-27/h5-6,9-12,16H,3-4,7-8,13-15,17H2,1-2H3. The Labute approximate surface area is 183 Å². The molecule has 0 aliphatic carbocycles. The minimum Gasteiger partial charge on any atom is -0.371 e. The fraction of sp³-hybridized carbons (Fsp3) is 0.400. The molecule has 4 rings (SSSR count). The fourth-order valence-electron chi connectivity index (χ4n) is 4.40. The lowest BCUT2D eigenvalue weighted by Crippen LogP contribution is -2.30. The van der Waals surface area contributed by atoms with Crippen molar-refractivity contribution >= 4 is 23.4 Å². The number of anilines is 1. The summed E-state index contributed by atoms with van der Waals surface area (Å²) >= 11 is 0. The van der Waals surface area contributed by atoms with Crippen LogP contribution < -0.4 is 4.90 Å². The van der Waals surface area contributed by atoms with Crippen molar-refractivity contribution in [3.8, 4) is 0 Å². The second kappa shape index (κ2) is 8.92. The maximum absolute atomic E-state index is 13.1. The first-order valence-corrected chi connectivity index (χ1v) is 11.1. The van der Waals surface area contributed by atoms with Crippen LogP contribution in [0, 0.1) is 0 Å². The summed E-state index contributed by atoms with van der Waals surface area (Å²) < 4.78 is 0. The maximum Gasteiger partial charge on any atom is 0.261 e. The van der Waals surface area contributed by atoms with Gasteiger partial charge in [0.15, 0.2) is 0 Å². The lowest BCUT2D eigenvalue weighted by molar-refractivity contribution is 0.0652. The van der Waals surface area contributed by atoms with Crippen molar-refractivity contribution in [3.63, 3.8) is 0 Å². The molecule has 2 aliphatic heterocycles. The molecule has 0 unspecified atom stereocenters. The molecule has 2 aliphatic rings.